The van der Waals surface area contributed by atoms with E-state index in [-0.39, 0.29) is 28.3 Å². The van der Waals surface area contributed by atoms with Crippen molar-refractivity contribution in [3.05, 3.63) is 33.3 Å². The lowest BCUT2D eigenvalue weighted by Gasteiger charge is -2.40. The van der Waals surface area contributed by atoms with Crippen LogP contribution in [0.25, 0.3) is 0 Å². The van der Waals surface area contributed by atoms with Gasteiger partial charge in [-0.15, -0.1) is 0 Å². The van der Waals surface area contributed by atoms with E-state index in [1.54, 1.807) is 14.0 Å². The maximum atomic E-state index is 13.0. The zero-order valence-electron chi connectivity index (χ0n) is 18.4. The summed E-state index contributed by atoms with van der Waals surface area (Å²) in [6.07, 6.45) is 5.06. The van der Waals surface area contributed by atoms with Crippen LogP contribution in [0.3, 0.4) is 0 Å². The minimum Gasteiger partial charge on any atom is -0.323 e. The third-order valence-corrected chi connectivity index (χ3v) is 8.77. The summed E-state index contributed by atoms with van der Waals surface area (Å²) in [6.45, 7) is 3.14. The summed E-state index contributed by atoms with van der Waals surface area (Å²) in [5.74, 6) is -0.358. The first-order valence-electron chi connectivity index (χ1n) is 10.8. The van der Waals surface area contributed by atoms with Gasteiger partial charge in [0.25, 0.3) is 15.9 Å². The minimum atomic E-state index is -3.54. The van der Waals surface area contributed by atoms with Crippen molar-refractivity contribution in [1.29, 1.82) is 0 Å². The van der Waals surface area contributed by atoms with Gasteiger partial charge < -0.3 is 5.32 Å². The van der Waals surface area contributed by atoms with Crippen molar-refractivity contribution in [3.63, 3.8) is 0 Å². The van der Waals surface area contributed by atoms with Crippen molar-refractivity contribution >= 4 is 39.1 Å². The molecule has 1 aromatic carbocycles. The lowest BCUT2D eigenvalue weighted by Crippen LogP contribution is -2.57. The Morgan fingerprint density at radius 3 is 2.44 bits per heavy atom. The number of carbonyl (C=O) groups is 1. The zero-order valence-corrected chi connectivity index (χ0v) is 19.9. The summed E-state index contributed by atoms with van der Waals surface area (Å²) in [5.41, 5.74) is 0.00583. The summed E-state index contributed by atoms with van der Waals surface area (Å²) in [5, 5.41) is 13.8. The van der Waals surface area contributed by atoms with Crippen molar-refractivity contribution in [3.8, 4) is 0 Å². The van der Waals surface area contributed by atoms with Crippen LogP contribution in [0.1, 0.15) is 39.0 Å². The number of nitro groups is 1. The molecule has 178 valence electrons. The Labute approximate surface area is 193 Å². The predicted octanol–water partition coefficient (Wildman–Crippen LogP) is 2.70. The van der Waals surface area contributed by atoms with E-state index < -0.39 is 21.2 Å². The molecule has 0 radical (unpaired) electrons. The number of hydrogen-bond acceptors (Lipinski definition) is 6. The third kappa shape index (κ3) is 5.57. The molecule has 2 aliphatic rings. The first kappa shape index (κ1) is 24.8. The van der Waals surface area contributed by atoms with Crippen LogP contribution in [0.15, 0.2) is 18.2 Å². The number of benzene rings is 1. The van der Waals surface area contributed by atoms with Gasteiger partial charge in [0.1, 0.15) is 0 Å². The number of carbonyl (C=O) groups excluding carboxylic acids is 1. The van der Waals surface area contributed by atoms with Crippen LogP contribution in [-0.4, -0.2) is 78.1 Å². The molecule has 0 bridgehead atoms. The number of piperazine rings is 1. The number of nitro benzene ring substituents is 1. The van der Waals surface area contributed by atoms with E-state index in [4.69, 9.17) is 11.6 Å². The molecule has 12 heteroatoms. The smallest absolute Gasteiger partial charge is 0.282 e. The molecule has 32 heavy (non-hydrogen) atoms. The van der Waals surface area contributed by atoms with Gasteiger partial charge >= 0.3 is 0 Å². The molecule has 1 aliphatic carbocycles. The maximum Gasteiger partial charge on any atom is 0.282 e. The number of halogens is 1. The Balaban J connectivity index is 1.58. The van der Waals surface area contributed by atoms with E-state index >= 15 is 0 Å². The van der Waals surface area contributed by atoms with Gasteiger partial charge in [-0.25, -0.2) is 0 Å². The van der Waals surface area contributed by atoms with Gasteiger partial charge in [0.05, 0.1) is 21.7 Å². The van der Waals surface area contributed by atoms with Crippen LogP contribution in [0.4, 0.5) is 11.4 Å². The molecule has 3 rings (SSSR count). The van der Waals surface area contributed by atoms with Crippen molar-refractivity contribution in [2.45, 2.75) is 51.1 Å². The van der Waals surface area contributed by atoms with Gasteiger partial charge in [-0.2, -0.15) is 17.0 Å². The maximum absolute atomic E-state index is 13.0. The van der Waals surface area contributed by atoms with Crippen LogP contribution in [-0.2, 0) is 15.0 Å². The molecule has 1 N–H and O–H groups in total. The monoisotopic (exact) mass is 487 g/mol. The molecular formula is C20H30ClN5O5S. The Morgan fingerprint density at radius 2 is 1.84 bits per heavy atom. The molecule has 1 atom stereocenters. The fraction of sp³-hybridized carbons (Fsp3) is 0.650. The summed E-state index contributed by atoms with van der Waals surface area (Å²) < 4.78 is 29.1. The van der Waals surface area contributed by atoms with Crippen molar-refractivity contribution in [2.75, 3.05) is 38.5 Å². The number of hydrogen-bond donors (Lipinski definition) is 1. The van der Waals surface area contributed by atoms with Gasteiger partial charge in [-0.1, -0.05) is 30.9 Å². The first-order chi connectivity index (χ1) is 15.1. The number of rotatable bonds is 7. The number of amides is 1. The van der Waals surface area contributed by atoms with Gasteiger partial charge in [0, 0.05) is 51.4 Å². The molecule has 1 saturated heterocycles. The van der Waals surface area contributed by atoms with Crippen molar-refractivity contribution in [2.24, 2.45) is 0 Å². The largest absolute Gasteiger partial charge is 0.323 e. The minimum absolute atomic E-state index is 0.0520. The quantitative estimate of drug-likeness (QED) is 0.467. The van der Waals surface area contributed by atoms with Crippen LogP contribution >= 0.6 is 11.6 Å². The summed E-state index contributed by atoms with van der Waals surface area (Å²) in [6, 6.07) is 3.36. The average Bonchev–Trinajstić information content (AvgIpc) is 2.79. The highest BCUT2D eigenvalue weighted by molar-refractivity contribution is 7.86. The van der Waals surface area contributed by atoms with E-state index in [0.717, 1.165) is 32.1 Å². The molecule has 1 amide bonds. The number of nitrogens with one attached hydrogen (secondary N) is 1. The second-order valence-corrected chi connectivity index (χ2v) is 10.7. The molecule has 0 aromatic heterocycles. The first-order valence-corrected chi connectivity index (χ1v) is 12.6. The topological polar surface area (TPSA) is 116 Å². The molecule has 1 unspecified atom stereocenters. The lowest BCUT2D eigenvalue weighted by atomic mass is 9.96. The fourth-order valence-electron chi connectivity index (χ4n) is 4.26. The van der Waals surface area contributed by atoms with Crippen LogP contribution in [0, 0.1) is 10.1 Å². The van der Waals surface area contributed by atoms with Gasteiger partial charge in [-0.3, -0.25) is 19.8 Å². The summed E-state index contributed by atoms with van der Waals surface area (Å²) >= 11 is 6.07. The highest BCUT2D eigenvalue weighted by Gasteiger charge is 2.36. The summed E-state index contributed by atoms with van der Waals surface area (Å²) in [4.78, 5) is 25.0. The van der Waals surface area contributed by atoms with Crippen LogP contribution in [0.2, 0.25) is 5.02 Å². The van der Waals surface area contributed by atoms with E-state index in [9.17, 15) is 23.3 Å². The molecule has 1 aromatic rings. The normalized spacial score (nSPS) is 20.2. The number of anilines is 1. The summed E-state index contributed by atoms with van der Waals surface area (Å²) in [7, 11) is -1.88. The van der Waals surface area contributed by atoms with Crippen LogP contribution in [0.5, 0.6) is 0 Å². The van der Waals surface area contributed by atoms with Crippen LogP contribution < -0.4 is 5.32 Å². The van der Waals surface area contributed by atoms with Gasteiger partial charge in [0.2, 0.25) is 5.91 Å². The standard InChI is InChI=1S/C20H30ClN5O5S/c1-15(20(27)22-19-14-17(26(28)29)8-9-18(19)21)24-10-12-25(13-11-24)32(30,31)23(2)16-6-4-3-5-7-16/h8-9,14-16H,3-7,10-13H2,1-2H3,(H,22,27). The molecule has 10 nitrogen and oxygen atoms in total. The zero-order chi connectivity index (χ0) is 23.5. The predicted molar refractivity (Wildman–Crippen MR) is 123 cm³/mol. The van der Waals surface area contributed by atoms with E-state index in [1.165, 1.54) is 26.8 Å². The van der Waals surface area contributed by atoms with Crippen molar-refractivity contribution in [1.82, 2.24) is 13.5 Å². The van der Waals surface area contributed by atoms with Gasteiger partial charge in [0.15, 0.2) is 0 Å². The van der Waals surface area contributed by atoms with Gasteiger partial charge in [-0.05, 0) is 25.8 Å². The van der Waals surface area contributed by atoms with E-state index in [2.05, 4.69) is 5.32 Å². The Morgan fingerprint density at radius 1 is 1.22 bits per heavy atom. The fourth-order valence-corrected chi connectivity index (χ4v) is 6.00. The third-order valence-electron chi connectivity index (χ3n) is 6.40. The number of non-ortho nitro benzene ring substituents is 1. The van der Waals surface area contributed by atoms with E-state index in [0.29, 0.717) is 26.2 Å². The molecular weight excluding hydrogens is 458 g/mol. The average molecular weight is 488 g/mol. The highest BCUT2D eigenvalue weighted by Crippen LogP contribution is 2.28. The Kier molecular flexibility index (Phi) is 8.10. The molecule has 1 heterocycles. The molecule has 1 saturated carbocycles. The Bertz CT molecular complexity index is 946. The molecule has 0 spiro atoms. The van der Waals surface area contributed by atoms with E-state index in [1.807, 2.05) is 4.90 Å². The molecule has 1 aliphatic heterocycles. The SMILES string of the molecule is CC(C(=O)Nc1cc([N+](=O)[O-])ccc1Cl)N1CCN(S(=O)(=O)N(C)C2CCCCC2)CC1. The highest BCUT2D eigenvalue weighted by atomic mass is 35.5. The lowest BCUT2D eigenvalue weighted by molar-refractivity contribution is -0.384. The Hall–Kier alpha value is -1.79. The number of nitrogens with zero attached hydrogens (tertiary/aromatic N) is 4. The second-order valence-electron chi connectivity index (χ2n) is 8.34. The second kappa shape index (κ2) is 10.4. The molecule has 2 fully saturated rings. The van der Waals surface area contributed by atoms with Crippen molar-refractivity contribution < 1.29 is 18.1 Å².